The Morgan fingerprint density at radius 3 is 2.62 bits per heavy atom. The Morgan fingerprint density at radius 1 is 1.33 bits per heavy atom. The number of halogens is 1. The Morgan fingerprint density at radius 2 is 2.00 bits per heavy atom. The molecule has 0 spiro atoms. The van der Waals surface area contributed by atoms with E-state index in [1.54, 1.807) is 0 Å². The highest BCUT2D eigenvalue weighted by atomic mass is 19.1. The largest absolute Gasteiger partial charge is 0.481 e. The van der Waals surface area contributed by atoms with Gasteiger partial charge in [-0.15, -0.1) is 0 Å². The lowest BCUT2D eigenvalue weighted by atomic mass is 9.63. The summed E-state index contributed by atoms with van der Waals surface area (Å²) in [5, 5.41) is 8.95. The van der Waals surface area contributed by atoms with Crippen LogP contribution in [0.2, 0.25) is 5.31 Å². The fourth-order valence-electron chi connectivity index (χ4n) is 3.73. The van der Waals surface area contributed by atoms with Crippen molar-refractivity contribution >= 4 is 13.8 Å². The van der Waals surface area contributed by atoms with E-state index in [9.17, 15) is 14.3 Å². The van der Waals surface area contributed by atoms with Gasteiger partial charge >= 0.3 is 5.97 Å². The molecule has 0 radical (unpaired) electrons. The fraction of sp³-hybridized carbons (Fsp3) is 0.632. The summed E-state index contributed by atoms with van der Waals surface area (Å²) in [5.74, 6) is -0.871. The van der Waals surface area contributed by atoms with Crippen LogP contribution in [0.3, 0.4) is 0 Å². The van der Waals surface area contributed by atoms with E-state index >= 15 is 0 Å². The lowest BCUT2D eigenvalue weighted by molar-refractivity contribution is -0.141. The quantitative estimate of drug-likeness (QED) is 0.699. The molecule has 5 heteroatoms. The van der Waals surface area contributed by atoms with Gasteiger partial charge in [-0.2, -0.15) is 0 Å². The van der Waals surface area contributed by atoms with Crippen LogP contribution in [0.15, 0.2) is 24.3 Å². The number of carbonyl (C=O) groups is 1. The summed E-state index contributed by atoms with van der Waals surface area (Å²) in [5.41, 5.74) is 1.17. The average molecular weight is 333 g/mol. The Kier molecular flexibility index (Phi) is 6.84. The fourth-order valence-corrected chi connectivity index (χ4v) is 3.73. The predicted octanol–water partition coefficient (Wildman–Crippen LogP) is 3.81. The number of benzene rings is 1. The first-order valence-corrected chi connectivity index (χ1v) is 9.19. The molecule has 1 aromatic rings. The van der Waals surface area contributed by atoms with Crippen molar-refractivity contribution in [2.75, 3.05) is 13.1 Å². The molecule has 3 nitrogen and oxygen atoms in total. The topological polar surface area (TPSA) is 40.5 Å². The zero-order valence-electron chi connectivity index (χ0n) is 14.9. The number of hydrogen-bond donors (Lipinski definition) is 1. The molecule has 132 valence electrons. The maximum absolute atomic E-state index is 13.1. The molecule has 1 aromatic carbocycles. The normalized spacial score (nSPS) is 20.8. The van der Waals surface area contributed by atoms with Crippen LogP contribution in [0.5, 0.6) is 0 Å². The first kappa shape index (κ1) is 19.0. The molecule has 2 rings (SSSR count). The van der Waals surface area contributed by atoms with E-state index in [1.807, 2.05) is 20.0 Å². The Labute approximate surface area is 145 Å². The van der Waals surface area contributed by atoms with Gasteiger partial charge in [-0.3, -0.25) is 9.69 Å². The van der Waals surface area contributed by atoms with Crippen LogP contribution < -0.4 is 0 Å². The van der Waals surface area contributed by atoms with Gasteiger partial charge in [0.15, 0.2) is 0 Å². The Bertz CT molecular complexity index is 537. The molecule has 1 saturated heterocycles. The summed E-state index contributed by atoms with van der Waals surface area (Å²) in [7, 11) is 1.88. The highest BCUT2D eigenvalue weighted by Gasteiger charge is 2.32. The van der Waals surface area contributed by atoms with Crippen molar-refractivity contribution in [3.05, 3.63) is 35.6 Å². The van der Waals surface area contributed by atoms with Crippen LogP contribution in [-0.4, -0.2) is 36.9 Å². The van der Waals surface area contributed by atoms with Crippen molar-refractivity contribution in [2.24, 2.45) is 0 Å². The Balaban J connectivity index is 1.90. The number of carboxylic acid groups (broad SMARTS) is 1. The van der Waals surface area contributed by atoms with Gasteiger partial charge in [0.05, 0.1) is 0 Å². The minimum atomic E-state index is -0.674. The summed E-state index contributed by atoms with van der Waals surface area (Å²) in [6.45, 7) is 4.05. The molecule has 0 amide bonds. The van der Waals surface area contributed by atoms with Gasteiger partial charge in [0.2, 0.25) is 0 Å². The second kappa shape index (κ2) is 8.66. The smallest absolute Gasteiger partial charge is 0.301 e. The number of nitrogens with zero attached hydrogens (tertiary/aromatic N) is 1. The molecular formula is C19H29BFNO2. The van der Waals surface area contributed by atoms with Crippen molar-refractivity contribution in [1.82, 2.24) is 4.90 Å². The number of aliphatic carboxylic acids is 1. The second-order valence-corrected chi connectivity index (χ2v) is 7.32. The van der Waals surface area contributed by atoms with Gasteiger partial charge in [-0.1, -0.05) is 31.9 Å². The molecule has 1 aliphatic heterocycles. The molecule has 0 aliphatic carbocycles. The molecular weight excluding hydrogens is 304 g/mol. The Hall–Kier alpha value is -1.36. The number of unbranched alkanes of at least 4 members (excludes halogenated alkanes) is 1. The molecule has 1 heterocycles. The van der Waals surface area contributed by atoms with E-state index in [0.717, 1.165) is 58.0 Å². The summed E-state index contributed by atoms with van der Waals surface area (Å²) in [6, 6.07) is 7.15. The van der Waals surface area contributed by atoms with E-state index in [0.29, 0.717) is 6.04 Å². The zero-order chi connectivity index (χ0) is 17.6. The highest BCUT2D eigenvalue weighted by molar-refractivity contribution is 6.26. The number of carboxylic acids is 1. The van der Waals surface area contributed by atoms with Crippen molar-refractivity contribution in [3.8, 4) is 0 Å². The SMILES string of the molecule is BC(CCCC)(CCCN1CCCC1c1ccc(F)cc1)C(=O)O. The molecule has 2 atom stereocenters. The monoisotopic (exact) mass is 333 g/mol. The van der Waals surface area contributed by atoms with Gasteiger partial charge < -0.3 is 5.11 Å². The van der Waals surface area contributed by atoms with E-state index in [-0.39, 0.29) is 5.82 Å². The molecule has 1 N–H and O–H groups in total. The number of rotatable bonds is 9. The highest BCUT2D eigenvalue weighted by Crippen LogP contribution is 2.37. The third kappa shape index (κ3) is 4.82. The molecule has 1 aliphatic rings. The maximum Gasteiger partial charge on any atom is 0.301 e. The number of hydrogen-bond acceptors (Lipinski definition) is 2. The van der Waals surface area contributed by atoms with Gasteiger partial charge in [0.25, 0.3) is 0 Å². The lowest BCUT2D eigenvalue weighted by Crippen LogP contribution is -2.28. The van der Waals surface area contributed by atoms with Crippen LogP contribution in [-0.2, 0) is 4.79 Å². The van der Waals surface area contributed by atoms with E-state index in [4.69, 9.17) is 0 Å². The molecule has 24 heavy (non-hydrogen) atoms. The third-order valence-corrected chi connectivity index (χ3v) is 5.39. The van der Waals surface area contributed by atoms with Crippen LogP contribution in [0.1, 0.15) is 63.5 Å². The first-order chi connectivity index (χ1) is 11.5. The van der Waals surface area contributed by atoms with Crippen LogP contribution >= 0.6 is 0 Å². The van der Waals surface area contributed by atoms with Gasteiger partial charge in [-0.25, -0.2) is 4.39 Å². The maximum atomic E-state index is 13.1. The van der Waals surface area contributed by atoms with Gasteiger partial charge in [0.1, 0.15) is 13.7 Å². The summed E-state index contributed by atoms with van der Waals surface area (Å²) >= 11 is 0. The minimum Gasteiger partial charge on any atom is -0.481 e. The van der Waals surface area contributed by atoms with E-state index in [2.05, 4.69) is 11.8 Å². The average Bonchev–Trinajstić information content (AvgIpc) is 3.02. The van der Waals surface area contributed by atoms with E-state index < -0.39 is 11.3 Å². The van der Waals surface area contributed by atoms with Crippen LogP contribution in [0.25, 0.3) is 0 Å². The van der Waals surface area contributed by atoms with Gasteiger partial charge in [-0.05, 0) is 62.9 Å². The molecule has 0 bridgehead atoms. The predicted molar refractivity (Wildman–Crippen MR) is 97.6 cm³/mol. The third-order valence-electron chi connectivity index (χ3n) is 5.39. The van der Waals surface area contributed by atoms with Crippen LogP contribution in [0.4, 0.5) is 4.39 Å². The van der Waals surface area contributed by atoms with Crippen molar-refractivity contribution in [3.63, 3.8) is 0 Å². The molecule has 1 fully saturated rings. The molecule has 0 aromatic heterocycles. The summed E-state index contributed by atoms with van der Waals surface area (Å²) in [4.78, 5) is 14.0. The standard InChI is InChI=1S/C19H29BFNO2/c1-2-3-11-19(20,18(23)24)12-5-14-22-13-4-6-17(22)15-7-9-16(21)10-8-15/h7-10,17H,2-6,11-14,20H2,1H3,(H,23,24). The molecule has 0 saturated carbocycles. The van der Waals surface area contributed by atoms with Crippen molar-refractivity contribution in [2.45, 2.75) is 63.2 Å². The second-order valence-electron chi connectivity index (χ2n) is 7.32. The minimum absolute atomic E-state index is 0.198. The zero-order valence-corrected chi connectivity index (χ0v) is 14.9. The van der Waals surface area contributed by atoms with Gasteiger partial charge in [0, 0.05) is 11.4 Å². The summed E-state index contributed by atoms with van der Waals surface area (Å²) in [6.07, 6.45) is 6.59. The van der Waals surface area contributed by atoms with Crippen LogP contribution in [0, 0.1) is 5.82 Å². The molecule has 2 unspecified atom stereocenters. The van der Waals surface area contributed by atoms with Crippen molar-refractivity contribution < 1.29 is 14.3 Å². The number of likely N-dealkylation sites (tertiary alicyclic amines) is 1. The van der Waals surface area contributed by atoms with E-state index in [1.165, 1.54) is 17.7 Å². The first-order valence-electron chi connectivity index (χ1n) is 9.19. The van der Waals surface area contributed by atoms with Crippen molar-refractivity contribution in [1.29, 1.82) is 0 Å². The summed E-state index contributed by atoms with van der Waals surface area (Å²) < 4.78 is 13.1. The lowest BCUT2D eigenvalue weighted by Gasteiger charge is -2.28.